The molecule has 2 aromatic rings. The lowest BCUT2D eigenvalue weighted by molar-refractivity contribution is 0.0358. The van der Waals surface area contributed by atoms with Crippen molar-refractivity contribution in [1.82, 2.24) is 4.90 Å². The van der Waals surface area contributed by atoms with E-state index in [4.69, 9.17) is 0 Å². The first kappa shape index (κ1) is 19.1. The zero-order valence-corrected chi connectivity index (χ0v) is 16.7. The number of rotatable bonds is 4. The summed E-state index contributed by atoms with van der Waals surface area (Å²) in [6.07, 6.45) is 1.48. The van der Waals surface area contributed by atoms with Crippen LogP contribution in [0.1, 0.15) is 42.2 Å². The first-order chi connectivity index (χ1) is 12.1. The average Bonchev–Trinajstić information content (AvgIpc) is 2.55. The molecule has 0 fully saturated rings. The summed E-state index contributed by atoms with van der Waals surface area (Å²) in [7, 11) is -3.22. The Morgan fingerprint density at radius 2 is 1.81 bits per heavy atom. The van der Waals surface area contributed by atoms with E-state index in [1.165, 1.54) is 22.9 Å². The molecular weight excluding hydrogens is 346 g/mol. The second-order valence-electron chi connectivity index (χ2n) is 7.94. The van der Waals surface area contributed by atoms with Gasteiger partial charge in [-0.25, -0.2) is 8.42 Å². The van der Waals surface area contributed by atoms with Crippen molar-refractivity contribution in [2.45, 2.75) is 50.3 Å². The molecule has 2 aromatic carbocycles. The molecule has 0 bridgehead atoms. The van der Waals surface area contributed by atoms with E-state index in [0.29, 0.717) is 6.54 Å². The van der Waals surface area contributed by atoms with Crippen LogP contribution in [0.2, 0.25) is 0 Å². The lowest BCUT2D eigenvalue weighted by Crippen LogP contribution is -2.50. The first-order valence-electron chi connectivity index (χ1n) is 8.88. The molecule has 1 unspecified atom stereocenters. The van der Waals surface area contributed by atoms with Crippen LogP contribution in [0.3, 0.4) is 0 Å². The van der Waals surface area contributed by atoms with Crippen molar-refractivity contribution in [1.29, 1.82) is 0 Å². The van der Waals surface area contributed by atoms with Gasteiger partial charge in [0.15, 0.2) is 9.84 Å². The molecule has 1 aliphatic rings. The molecule has 0 radical (unpaired) electrons. The van der Waals surface area contributed by atoms with Gasteiger partial charge in [0.05, 0.1) is 11.0 Å². The molecule has 1 atom stereocenters. The molecule has 26 heavy (non-hydrogen) atoms. The van der Waals surface area contributed by atoms with Gasteiger partial charge in [0.1, 0.15) is 0 Å². The number of sulfone groups is 1. The van der Waals surface area contributed by atoms with E-state index in [0.717, 1.165) is 18.5 Å². The van der Waals surface area contributed by atoms with Crippen LogP contribution in [0.4, 0.5) is 0 Å². The monoisotopic (exact) mass is 373 g/mol. The minimum absolute atomic E-state index is 0.0488. The third-order valence-corrected chi connectivity index (χ3v) is 6.55. The van der Waals surface area contributed by atoms with Gasteiger partial charge in [0.2, 0.25) is 0 Å². The fraction of sp³-hybridized carbons (Fsp3) is 0.429. The van der Waals surface area contributed by atoms with Crippen molar-refractivity contribution >= 4 is 9.84 Å². The number of benzene rings is 2. The highest BCUT2D eigenvalue weighted by atomic mass is 32.2. The van der Waals surface area contributed by atoms with E-state index >= 15 is 0 Å². The number of β-amino-alcohol motifs (C(OH)–C–C–N with tert-alkyl or cyclic N) is 1. The second kappa shape index (κ2) is 6.80. The van der Waals surface area contributed by atoms with Crippen molar-refractivity contribution < 1.29 is 13.5 Å². The molecule has 4 nitrogen and oxygen atoms in total. The van der Waals surface area contributed by atoms with Gasteiger partial charge in [0.25, 0.3) is 0 Å². The van der Waals surface area contributed by atoms with E-state index in [9.17, 15) is 13.5 Å². The molecule has 0 aliphatic carbocycles. The molecule has 1 heterocycles. The Hall–Kier alpha value is -1.69. The van der Waals surface area contributed by atoms with Crippen LogP contribution >= 0.6 is 0 Å². The van der Waals surface area contributed by atoms with Crippen LogP contribution in [0.25, 0.3) is 0 Å². The van der Waals surface area contributed by atoms with E-state index < -0.39 is 15.9 Å². The number of aliphatic hydroxyl groups is 1. The first-order valence-corrected chi connectivity index (χ1v) is 10.8. The van der Waals surface area contributed by atoms with Crippen molar-refractivity contribution in [3.05, 3.63) is 64.7 Å². The molecule has 0 amide bonds. The average molecular weight is 374 g/mol. The Kier molecular flexibility index (Phi) is 4.99. The quantitative estimate of drug-likeness (QED) is 0.894. The highest BCUT2D eigenvalue weighted by Crippen LogP contribution is 2.33. The summed E-state index contributed by atoms with van der Waals surface area (Å²) >= 11 is 0. The van der Waals surface area contributed by atoms with Crippen LogP contribution in [-0.4, -0.2) is 36.8 Å². The molecule has 1 N–H and O–H groups in total. The number of aliphatic hydroxyl groups excluding tert-OH is 1. The van der Waals surface area contributed by atoms with Crippen LogP contribution < -0.4 is 0 Å². The summed E-state index contributed by atoms with van der Waals surface area (Å²) in [5.74, 6) is 0. The van der Waals surface area contributed by atoms with E-state index in [1.54, 1.807) is 24.3 Å². The summed E-state index contributed by atoms with van der Waals surface area (Å²) in [6, 6.07) is 12.9. The number of fused-ring (bicyclic) bond motifs is 1. The highest BCUT2D eigenvalue weighted by Gasteiger charge is 2.34. The van der Waals surface area contributed by atoms with Gasteiger partial charge < -0.3 is 5.11 Å². The minimum Gasteiger partial charge on any atom is -0.387 e. The molecule has 1 aliphatic heterocycles. The largest absolute Gasteiger partial charge is 0.387 e. The Morgan fingerprint density at radius 1 is 1.15 bits per heavy atom. The maximum absolute atomic E-state index is 11.6. The third-order valence-electron chi connectivity index (χ3n) is 5.42. The summed E-state index contributed by atoms with van der Waals surface area (Å²) < 4.78 is 23.2. The Balaban J connectivity index is 1.79. The van der Waals surface area contributed by atoms with Gasteiger partial charge in [-0.05, 0) is 61.6 Å². The van der Waals surface area contributed by atoms with Gasteiger partial charge in [-0.2, -0.15) is 0 Å². The van der Waals surface area contributed by atoms with E-state index in [1.807, 2.05) is 0 Å². The zero-order chi connectivity index (χ0) is 19.1. The van der Waals surface area contributed by atoms with Crippen molar-refractivity contribution in [2.75, 3.05) is 12.8 Å². The molecular formula is C21H27NO3S. The predicted octanol–water partition coefficient (Wildman–Crippen LogP) is 3.27. The predicted molar refractivity (Wildman–Crippen MR) is 104 cm³/mol. The minimum atomic E-state index is -3.22. The Bertz CT molecular complexity index is 901. The van der Waals surface area contributed by atoms with Crippen LogP contribution in [0.5, 0.6) is 0 Å². The maximum atomic E-state index is 11.6. The van der Waals surface area contributed by atoms with E-state index in [-0.39, 0.29) is 10.4 Å². The molecule has 5 heteroatoms. The lowest BCUT2D eigenvalue weighted by Gasteiger charge is -2.44. The fourth-order valence-electron chi connectivity index (χ4n) is 3.69. The number of nitrogens with zero attached hydrogens (tertiary/aromatic N) is 1. The Morgan fingerprint density at radius 3 is 2.42 bits per heavy atom. The van der Waals surface area contributed by atoms with Gasteiger partial charge in [-0.15, -0.1) is 0 Å². The standard InChI is InChI=1S/C21H27NO3S/c1-15-6-5-7-17-13-22(21(2,3)12-19(15)17)14-20(23)16-8-10-18(11-9-16)26(4,24)25/h5-11,20,23H,12-14H2,1-4H3. The molecule has 3 rings (SSSR count). The number of hydrogen-bond donors (Lipinski definition) is 1. The summed E-state index contributed by atoms with van der Waals surface area (Å²) in [6.45, 7) is 7.90. The summed E-state index contributed by atoms with van der Waals surface area (Å²) in [4.78, 5) is 2.58. The SMILES string of the molecule is Cc1cccc2c1CC(C)(C)N(CC(O)c1ccc(S(C)(=O)=O)cc1)C2. The number of hydrogen-bond acceptors (Lipinski definition) is 4. The number of aryl methyl sites for hydroxylation is 1. The third kappa shape index (κ3) is 3.85. The smallest absolute Gasteiger partial charge is 0.175 e. The maximum Gasteiger partial charge on any atom is 0.175 e. The fourth-order valence-corrected chi connectivity index (χ4v) is 4.32. The molecule has 0 aromatic heterocycles. The molecule has 0 spiro atoms. The zero-order valence-electron chi connectivity index (χ0n) is 15.9. The Labute approximate surface area is 156 Å². The van der Waals surface area contributed by atoms with Crippen molar-refractivity contribution in [3.63, 3.8) is 0 Å². The lowest BCUT2D eigenvalue weighted by atomic mass is 9.83. The van der Waals surface area contributed by atoms with Crippen LogP contribution in [-0.2, 0) is 22.8 Å². The summed E-state index contributed by atoms with van der Waals surface area (Å²) in [5, 5.41) is 10.7. The molecule has 0 saturated heterocycles. The highest BCUT2D eigenvalue weighted by molar-refractivity contribution is 7.90. The molecule has 140 valence electrons. The van der Waals surface area contributed by atoms with Crippen LogP contribution in [0, 0.1) is 6.92 Å². The van der Waals surface area contributed by atoms with Gasteiger partial charge in [-0.3, -0.25) is 4.90 Å². The second-order valence-corrected chi connectivity index (χ2v) is 9.96. The van der Waals surface area contributed by atoms with Crippen LogP contribution in [0.15, 0.2) is 47.4 Å². The van der Waals surface area contributed by atoms with Crippen molar-refractivity contribution in [2.24, 2.45) is 0 Å². The normalized spacial score (nSPS) is 18.3. The summed E-state index contributed by atoms with van der Waals surface area (Å²) in [5.41, 5.74) is 4.76. The van der Waals surface area contributed by atoms with Gasteiger partial charge in [-0.1, -0.05) is 30.3 Å². The van der Waals surface area contributed by atoms with Crippen molar-refractivity contribution in [3.8, 4) is 0 Å². The van der Waals surface area contributed by atoms with Gasteiger partial charge >= 0.3 is 0 Å². The van der Waals surface area contributed by atoms with Gasteiger partial charge in [0, 0.05) is 24.9 Å². The van der Waals surface area contributed by atoms with E-state index in [2.05, 4.69) is 43.9 Å². The molecule has 0 saturated carbocycles. The topological polar surface area (TPSA) is 57.6 Å².